The van der Waals surface area contributed by atoms with Crippen molar-refractivity contribution in [2.45, 2.75) is 26.4 Å². The molecule has 1 saturated heterocycles. The summed E-state index contributed by atoms with van der Waals surface area (Å²) in [5.74, 6) is -0.0619. The quantitative estimate of drug-likeness (QED) is 0.821. The highest BCUT2D eigenvalue weighted by Crippen LogP contribution is 2.27. The summed E-state index contributed by atoms with van der Waals surface area (Å²) in [6.07, 6.45) is 0. The maximum Gasteiger partial charge on any atom is 0.230 e. The van der Waals surface area contributed by atoms with Gasteiger partial charge < -0.3 is 15.8 Å². The monoisotopic (exact) mass is 255 g/mol. The van der Waals surface area contributed by atoms with E-state index in [9.17, 15) is 4.79 Å². The Kier molecular flexibility index (Phi) is 3.46. The van der Waals surface area contributed by atoms with Crippen molar-refractivity contribution in [3.63, 3.8) is 0 Å². The largest absolute Gasteiger partial charge is 0.379 e. The average Bonchev–Trinajstić information content (AvgIpc) is 2.84. The number of aromatic nitrogens is 1. The lowest BCUT2D eigenvalue weighted by Gasteiger charge is -2.25. The summed E-state index contributed by atoms with van der Waals surface area (Å²) in [7, 11) is 0. The fraction of sp³-hybridized carbons (Fsp3) is 0.636. The summed E-state index contributed by atoms with van der Waals surface area (Å²) in [5.41, 5.74) is 6.15. The number of aryl methyl sites for hydroxylation is 1. The number of nitrogens with zero attached hydrogens (tertiary/aromatic N) is 1. The van der Waals surface area contributed by atoms with Gasteiger partial charge in [0.1, 0.15) is 0 Å². The van der Waals surface area contributed by atoms with Gasteiger partial charge in [-0.15, -0.1) is 11.3 Å². The van der Waals surface area contributed by atoms with Crippen LogP contribution in [0.4, 0.5) is 0 Å². The number of nitrogens with two attached hydrogens (primary N) is 1. The predicted octanol–water partition coefficient (Wildman–Crippen LogP) is 0.432. The minimum atomic E-state index is -0.620. The molecular weight excluding hydrogens is 238 g/mol. The first kappa shape index (κ1) is 12.5. The van der Waals surface area contributed by atoms with Gasteiger partial charge in [-0.2, -0.15) is 0 Å². The van der Waals surface area contributed by atoms with E-state index in [-0.39, 0.29) is 11.9 Å². The maximum absolute atomic E-state index is 12.1. The van der Waals surface area contributed by atoms with E-state index in [1.807, 2.05) is 19.2 Å². The Morgan fingerprint density at radius 2 is 2.59 bits per heavy atom. The fourth-order valence-corrected chi connectivity index (χ4v) is 2.40. The van der Waals surface area contributed by atoms with Crippen molar-refractivity contribution in [1.82, 2.24) is 10.3 Å². The molecule has 6 heteroatoms. The molecular formula is C11H17N3O2S. The van der Waals surface area contributed by atoms with E-state index in [1.54, 1.807) is 11.3 Å². The molecule has 0 bridgehead atoms. The molecule has 1 fully saturated rings. The van der Waals surface area contributed by atoms with E-state index in [0.29, 0.717) is 19.8 Å². The summed E-state index contributed by atoms with van der Waals surface area (Å²) in [5, 5.41) is 5.82. The molecule has 2 unspecified atom stereocenters. The summed E-state index contributed by atoms with van der Waals surface area (Å²) in [4.78, 5) is 16.4. The second-order valence-electron chi connectivity index (χ2n) is 4.58. The summed E-state index contributed by atoms with van der Waals surface area (Å²) < 4.78 is 5.25. The SMILES string of the molecule is Cc1nc(CNC(=O)C2(C)COCC2N)cs1. The van der Waals surface area contributed by atoms with Gasteiger partial charge in [-0.25, -0.2) is 4.98 Å². The van der Waals surface area contributed by atoms with E-state index in [1.165, 1.54) is 0 Å². The molecule has 0 saturated carbocycles. The van der Waals surface area contributed by atoms with Crippen LogP contribution in [0.1, 0.15) is 17.6 Å². The van der Waals surface area contributed by atoms with Gasteiger partial charge in [0.05, 0.1) is 35.9 Å². The molecule has 17 heavy (non-hydrogen) atoms. The Balaban J connectivity index is 1.93. The molecule has 1 aliphatic heterocycles. The van der Waals surface area contributed by atoms with Crippen LogP contribution in [-0.4, -0.2) is 30.1 Å². The highest BCUT2D eigenvalue weighted by Gasteiger charge is 2.44. The zero-order valence-electron chi connectivity index (χ0n) is 10.0. The lowest BCUT2D eigenvalue weighted by Crippen LogP contribution is -2.49. The van der Waals surface area contributed by atoms with Crippen LogP contribution >= 0.6 is 11.3 Å². The zero-order chi connectivity index (χ0) is 12.5. The average molecular weight is 255 g/mol. The van der Waals surface area contributed by atoms with Gasteiger partial charge in [0.2, 0.25) is 5.91 Å². The molecule has 1 aliphatic rings. The number of amides is 1. The van der Waals surface area contributed by atoms with Crippen LogP contribution in [0, 0.1) is 12.3 Å². The van der Waals surface area contributed by atoms with Gasteiger partial charge in [-0.1, -0.05) is 0 Å². The van der Waals surface area contributed by atoms with Crippen molar-refractivity contribution in [3.05, 3.63) is 16.1 Å². The van der Waals surface area contributed by atoms with E-state index in [4.69, 9.17) is 10.5 Å². The summed E-state index contributed by atoms with van der Waals surface area (Å²) >= 11 is 1.58. The Bertz CT molecular complexity index is 421. The van der Waals surface area contributed by atoms with Crippen LogP contribution in [0.25, 0.3) is 0 Å². The number of carbonyl (C=O) groups excluding carboxylic acids is 1. The van der Waals surface area contributed by atoms with Crippen molar-refractivity contribution in [3.8, 4) is 0 Å². The van der Waals surface area contributed by atoms with E-state index in [0.717, 1.165) is 10.7 Å². The molecule has 2 atom stereocenters. The molecule has 5 nitrogen and oxygen atoms in total. The minimum absolute atomic E-state index is 0.0619. The van der Waals surface area contributed by atoms with Gasteiger partial charge >= 0.3 is 0 Å². The number of hydrogen-bond donors (Lipinski definition) is 2. The first-order valence-corrected chi connectivity index (χ1v) is 6.43. The molecule has 0 aromatic carbocycles. The summed E-state index contributed by atoms with van der Waals surface area (Å²) in [6, 6.07) is -0.236. The normalized spacial score (nSPS) is 28.3. The molecule has 2 rings (SSSR count). The Labute approximate surface area is 104 Å². The lowest BCUT2D eigenvalue weighted by molar-refractivity contribution is -0.130. The molecule has 94 valence electrons. The molecule has 1 amide bonds. The van der Waals surface area contributed by atoms with E-state index in [2.05, 4.69) is 10.3 Å². The molecule has 1 aromatic heterocycles. The maximum atomic E-state index is 12.1. The molecule has 3 N–H and O–H groups in total. The molecule has 0 radical (unpaired) electrons. The van der Waals surface area contributed by atoms with Crippen LogP contribution in [0.5, 0.6) is 0 Å². The zero-order valence-corrected chi connectivity index (χ0v) is 10.8. The van der Waals surface area contributed by atoms with Gasteiger partial charge in [-0.05, 0) is 13.8 Å². The number of nitrogens with one attached hydrogen (secondary N) is 1. The first-order valence-electron chi connectivity index (χ1n) is 5.55. The molecule has 2 heterocycles. The van der Waals surface area contributed by atoms with Crippen LogP contribution in [0.15, 0.2) is 5.38 Å². The smallest absolute Gasteiger partial charge is 0.230 e. The van der Waals surface area contributed by atoms with Gasteiger partial charge in [0.25, 0.3) is 0 Å². The molecule has 0 aliphatic carbocycles. The van der Waals surface area contributed by atoms with Gasteiger partial charge in [0.15, 0.2) is 0 Å². The highest BCUT2D eigenvalue weighted by molar-refractivity contribution is 7.09. The van der Waals surface area contributed by atoms with Crippen molar-refractivity contribution >= 4 is 17.2 Å². The van der Waals surface area contributed by atoms with Crippen molar-refractivity contribution in [2.75, 3.05) is 13.2 Å². The van der Waals surface area contributed by atoms with Crippen LogP contribution in [-0.2, 0) is 16.1 Å². The Hall–Kier alpha value is -0.980. The van der Waals surface area contributed by atoms with Crippen LogP contribution < -0.4 is 11.1 Å². The van der Waals surface area contributed by atoms with Crippen LogP contribution in [0.2, 0.25) is 0 Å². The second-order valence-corrected chi connectivity index (χ2v) is 5.64. The third kappa shape index (κ3) is 2.48. The second kappa shape index (κ2) is 4.72. The predicted molar refractivity (Wildman–Crippen MR) is 65.6 cm³/mol. The number of rotatable bonds is 3. The number of carbonyl (C=O) groups is 1. The molecule has 0 spiro atoms. The number of ether oxygens (including phenoxy) is 1. The first-order chi connectivity index (χ1) is 8.02. The fourth-order valence-electron chi connectivity index (χ4n) is 1.78. The topological polar surface area (TPSA) is 77.2 Å². The van der Waals surface area contributed by atoms with Gasteiger partial charge in [0, 0.05) is 11.4 Å². The van der Waals surface area contributed by atoms with E-state index >= 15 is 0 Å². The van der Waals surface area contributed by atoms with Gasteiger partial charge in [-0.3, -0.25) is 4.79 Å². The summed E-state index contributed by atoms with van der Waals surface area (Å²) in [6.45, 7) is 5.06. The van der Waals surface area contributed by atoms with Crippen LogP contribution in [0.3, 0.4) is 0 Å². The standard InChI is InChI=1S/C11H17N3O2S/c1-7-14-8(5-17-7)3-13-10(15)11(2)6-16-4-9(11)12/h5,9H,3-4,6,12H2,1-2H3,(H,13,15). The van der Waals surface area contributed by atoms with Crippen molar-refractivity contribution in [1.29, 1.82) is 0 Å². The van der Waals surface area contributed by atoms with E-state index < -0.39 is 5.41 Å². The number of thiazole rings is 1. The lowest BCUT2D eigenvalue weighted by atomic mass is 9.85. The third-order valence-electron chi connectivity index (χ3n) is 3.13. The minimum Gasteiger partial charge on any atom is -0.379 e. The van der Waals surface area contributed by atoms with Crippen molar-refractivity contribution < 1.29 is 9.53 Å². The number of hydrogen-bond acceptors (Lipinski definition) is 5. The van der Waals surface area contributed by atoms with Crippen molar-refractivity contribution in [2.24, 2.45) is 11.1 Å². The third-order valence-corrected chi connectivity index (χ3v) is 3.96. The highest BCUT2D eigenvalue weighted by atomic mass is 32.1. The molecule has 1 aromatic rings. The Morgan fingerprint density at radius 3 is 3.12 bits per heavy atom. The Morgan fingerprint density at radius 1 is 1.82 bits per heavy atom.